The van der Waals surface area contributed by atoms with Crippen molar-refractivity contribution in [3.63, 3.8) is 0 Å². The van der Waals surface area contributed by atoms with E-state index < -0.39 is 0 Å². The van der Waals surface area contributed by atoms with E-state index in [1.54, 1.807) is 0 Å². The monoisotopic (exact) mass is 221 g/mol. The highest BCUT2D eigenvalue weighted by atomic mass is 16.5. The summed E-state index contributed by atoms with van der Waals surface area (Å²) >= 11 is 0. The first-order chi connectivity index (χ1) is 7.77. The number of hydrogen-bond donors (Lipinski definition) is 1. The van der Waals surface area contributed by atoms with Gasteiger partial charge in [-0.2, -0.15) is 0 Å². The molecule has 0 saturated carbocycles. The lowest BCUT2D eigenvalue weighted by molar-refractivity contribution is 0.317. The largest absolute Gasteiger partial charge is 0.494 e. The summed E-state index contributed by atoms with van der Waals surface area (Å²) in [4.78, 5) is 0. The van der Waals surface area contributed by atoms with Crippen LogP contribution in [0.5, 0.6) is 5.75 Å². The molecule has 2 nitrogen and oxygen atoms in total. The minimum absolute atomic E-state index is 0.417. The number of benzene rings is 1. The van der Waals surface area contributed by atoms with E-state index in [-0.39, 0.29) is 0 Å². The zero-order chi connectivity index (χ0) is 11.8. The Labute approximate surface area is 99.0 Å². The van der Waals surface area contributed by atoms with E-state index in [2.05, 4.69) is 50.4 Å². The van der Waals surface area contributed by atoms with Gasteiger partial charge in [0.2, 0.25) is 0 Å². The summed E-state index contributed by atoms with van der Waals surface area (Å²) in [7, 11) is 0. The van der Waals surface area contributed by atoms with Crippen molar-refractivity contribution in [1.29, 1.82) is 0 Å². The molecule has 0 radical (unpaired) electrons. The van der Waals surface area contributed by atoms with Gasteiger partial charge in [0.05, 0.1) is 6.61 Å². The van der Waals surface area contributed by atoms with Gasteiger partial charge in [-0.05, 0) is 44.0 Å². The van der Waals surface area contributed by atoms with Crippen LogP contribution in [0.4, 0.5) is 0 Å². The molecule has 16 heavy (non-hydrogen) atoms. The Balaban J connectivity index is 2.49. The van der Waals surface area contributed by atoms with Gasteiger partial charge in [0.1, 0.15) is 5.75 Å². The van der Waals surface area contributed by atoms with Crippen molar-refractivity contribution in [3.05, 3.63) is 29.8 Å². The van der Waals surface area contributed by atoms with Crippen LogP contribution in [0.1, 0.15) is 45.2 Å². The van der Waals surface area contributed by atoms with Gasteiger partial charge in [0.15, 0.2) is 0 Å². The molecule has 1 atom stereocenters. The van der Waals surface area contributed by atoms with Crippen molar-refractivity contribution in [2.24, 2.45) is 0 Å². The first-order valence-electron chi connectivity index (χ1n) is 6.24. The third-order valence-electron chi connectivity index (χ3n) is 2.55. The van der Waals surface area contributed by atoms with Crippen molar-refractivity contribution >= 4 is 0 Å². The standard InChI is InChI=1S/C14H23NO/c1-4-10-15-12(3)13-6-8-14(9-7-13)16-11-5-2/h6-9,12,15H,4-5,10-11H2,1-3H3/t12-/m1/s1. The Morgan fingerprint density at radius 2 is 1.81 bits per heavy atom. The summed E-state index contributed by atoms with van der Waals surface area (Å²) in [5.74, 6) is 0.966. The zero-order valence-electron chi connectivity index (χ0n) is 10.6. The van der Waals surface area contributed by atoms with Crippen LogP contribution in [0.15, 0.2) is 24.3 Å². The minimum Gasteiger partial charge on any atom is -0.494 e. The summed E-state index contributed by atoms with van der Waals surface area (Å²) in [6.07, 6.45) is 2.22. The van der Waals surface area contributed by atoms with E-state index in [1.807, 2.05) is 0 Å². The third-order valence-corrected chi connectivity index (χ3v) is 2.55. The molecule has 0 heterocycles. The maximum absolute atomic E-state index is 5.55. The predicted molar refractivity (Wildman–Crippen MR) is 68.9 cm³/mol. The molecule has 0 aromatic heterocycles. The lowest BCUT2D eigenvalue weighted by atomic mass is 10.1. The van der Waals surface area contributed by atoms with Gasteiger partial charge >= 0.3 is 0 Å². The SMILES string of the molecule is CCCN[C@H](C)c1ccc(OCCC)cc1. The molecule has 0 saturated heterocycles. The lowest BCUT2D eigenvalue weighted by Crippen LogP contribution is -2.19. The van der Waals surface area contributed by atoms with Crippen LogP contribution >= 0.6 is 0 Å². The van der Waals surface area contributed by atoms with Gasteiger partial charge in [-0.1, -0.05) is 26.0 Å². The van der Waals surface area contributed by atoms with Crippen LogP contribution < -0.4 is 10.1 Å². The first kappa shape index (κ1) is 13.0. The highest BCUT2D eigenvalue weighted by Crippen LogP contribution is 2.17. The molecule has 1 N–H and O–H groups in total. The molecule has 90 valence electrons. The van der Waals surface area contributed by atoms with Crippen LogP contribution in [0.25, 0.3) is 0 Å². The van der Waals surface area contributed by atoms with E-state index in [4.69, 9.17) is 4.74 Å². The maximum Gasteiger partial charge on any atom is 0.119 e. The predicted octanol–water partition coefficient (Wildman–Crippen LogP) is 3.54. The molecule has 1 aromatic rings. The number of hydrogen-bond acceptors (Lipinski definition) is 2. The second-order valence-electron chi connectivity index (χ2n) is 4.09. The topological polar surface area (TPSA) is 21.3 Å². The average Bonchev–Trinajstić information content (AvgIpc) is 2.34. The lowest BCUT2D eigenvalue weighted by Gasteiger charge is -2.14. The van der Waals surface area contributed by atoms with Crippen LogP contribution in [0.2, 0.25) is 0 Å². The van der Waals surface area contributed by atoms with Crippen LogP contribution in [-0.2, 0) is 0 Å². The maximum atomic E-state index is 5.55. The first-order valence-corrected chi connectivity index (χ1v) is 6.24. The van der Waals surface area contributed by atoms with E-state index in [9.17, 15) is 0 Å². The minimum atomic E-state index is 0.417. The highest BCUT2D eigenvalue weighted by molar-refractivity contribution is 5.28. The van der Waals surface area contributed by atoms with Crippen molar-refractivity contribution in [2.75, 3.05) is 13.2 Å². The molecular formula is C14H23NO. The summed E-state index contributed by atoms with van der Waals surface area (Å²) in [6.45, 7) is 8.35. The Hall–Kier alpha value is -1.02. The van der Waals surface area contributed by atoms with E-state index >= 15 is 0 Å². The van der Waals surface area contributed by atoms with Gasteiger partial charge in [-0.3, -0.25) is 0 Å². The fourth-order valence-corrected chi connectivity index (χ4v) is 1.55. The number of rotatable bonds is 7. The van der Waals surface area contributed by atoms with Crippen molar-refractivity contribution in [2.45, 2.75) is 39.7 Å². The molecule has 0 aliphatic rings. The molecule has 2 heteroatoms. The van der Waals surface area contributed by atoms with Crippen LogP contribution in [-0.4, -0.2) is 13.2 Å². The van der Waals surface area contributed by atoms with Gasteiger partial charge < -0.3 is 10.1 Å². The molecule has 0 aliphatic heterocycles. The molecule has 0 spiro atoms. The Bertz CT molecular complexity index is 281. The Morgan fingerprint density at radius 3 is 2.38 bits per heavy atom. The quantitative estimate of drug-likeness (QED) is 0.760. The van der Waals surface area contributed by atoms with Crippen LogP contribution in [0.3, 0.4) is 0 Å². The molecule has 0 aliphatic carbocycles. The summed E-state index contributed by atoms with van der Waals surface area (Å²) < 4.78 is 5.55. The average molecular weight is 221 g/mol. The number of ether oxygens (including phenoxy) is 1. The molecule has 1 aromatic carbocycles. The fourth-order valence-electron chi connectivity index (χ4n) is 1.55. The van der Waals surface area contributed by atoms with Gasteiger partial charge in [0.25, 0.3) is 0 Å². The second kappa shape index (κ2) is 7.29. The van der Waals surface area contributed by atoms with Crippen molar-refractivity contribution < 1.29 is 4.74 Å². The molecular weight excluding hydrogens is 198 g/mol. The highest BCUT2D eigenvalue weighted by Gasteiger charge is 2.03. The fraction of sp³-hybridized carbons (Fsp3) is 0.571. The van der Waals surface area contributed by atoms with Crippen LogP contribution in [0, 0.1) is 0 Å². The Kier molecular flexibility index (Phi) is 5.94. The molecule has 1 rings (SSSR count). The molecule has 0 unspecified atom stereocenters. The normalized spacial score (nSPS) is 12.4. The smallest absolute Gasteiger partial charge is 0.119 e. The molecule has 0 fully saturated rings. The van der Waals surface area contributed by atoms with Crippen molar-refractivity contribution in [1.82, 2.24) is 5.32 Å². The summed E-state index contributed by atoms with van der Waals surface area (Å²) in [5, 5.41) is 3.47. The van der Waals surface area contributed by atoms with Gasteiger partial charge in [-0.15, -0.1) is 0 Å². The number of nitrogens with one attached hydrogen (secondary N) is 1. The van der Waals surface area contributed by atoms with E-state index in [0.717, 1.165) is 25.3 Å². The van der Waals surface area contributed by atoms with E-state index in [0.29, 0.717) is 6.04 Å². The van der Waals surface area contributed by atoms with Crippen molar-refractivity contribution in [3.8, 4) is 5.75 Å². The zero-order valence-corrected chi connectivity index (χ0v) is 10.6. The summed E-state index contributed by atoms with van der Waals surface area (Å²) in [6, 6.07) is 8.79. The van der Waals surface area contributed by atoms with Gasteiger partial charge in [-0.25, -0.2) is 0 Å². The second-order valence-corrected chi connectivity index (χ2v) is 4.09. The summed E-state index contributed by atoms with van der Waals surface area (Å²) in [5.41, 5.74) is 1.32. The van der Waals surface area contributed by atoms with E-state index in [1.165, 1.54) is 12.0 Å². The third kappa shape index (κ3) is 4.23. The van der Waals surface area contributed by atoms with Gasteiger partial charge in [0, 0.05) is 6.04 Å². The molecule has 0 amide bonds. The Morgan fingerprint density at radius 1 is 1.12 bits per heavy atom. The molecule has 0 bridgehead atoms.